The lowest BCUT2D eigenvalue weighted by Gasteiger charge is -2.10. The Morgan fingerprint density at radius 3 is 2.90 bits per heavy atom. The molecule has 0 unspecified atom stereocenters. The summed E-state index contributed by atoms with van der Waals surface area (Å²) in [4.78, 5) is 16.3. The van der Waals surface area contributed by atoms with Crippen LogP contribution in [-0.4, -0.2) is 10.9 Å². The van der Waals surface area contributed by atoms with Crippen LogP contribution in [0.4, 0.5) is 10.1 Å². The number of carbonyl (C=O) groups is 1. The number of halogens is 1. The number of nitrogens with two attached hydrogens (primary N) is 1. The summed E-state index contributed by atoms with van der Waals surface area (Å²) in [5, 5.41) is 2.69. The van der Waals surface area contributed by atoms with Crippen LogP contribution in [0.3, 0.4) is 0 Å². The Hall–Kier alpha value is -2.43. The molecule has 3 N–H and O–H groups in total. The number of nitrogens with zero attached hydrogens (tertiary/aromatic N) is 1. The molecule has 0 saturated carbocycles. The average molecular weight is 287 g/mol. The number of amides is 1. The van der Waals surface area contributed by atoms with E-state index in [1.807, 2.05) is 19.1 Å². The summed E-state index contributed by atoms with van der Waals surface area (Å²) in [5.74, 6) is -1.03. The third kappa shape index (κ3) is 3.37. The molecule has 1 amide bonds. The Morgan fingerprint density at radius 1 is 1.43 bits per heavy atom. The molecule has 0 fully saturated rings. The zero-order valence-corrected chi connectivity index (χ0v) is 12.1. The van der Waals surface area contributed by atoms with Crippen molar-refractivity contribution >= 4 is 11.6 Å². The summed E-state index contributed by atoms with van der Waals surface area (Å²) in [7, 11) is 0. The van der Waals surface area contributed by atoms with Gasteiger partial charge in [-0.05, 0) is 42.7 Å². The van der Waals surface area contributed by atoms with E-state index in [-0.39, 0.29) is 12.1 Å². The Bertz CT molecular complexity index is 671. The molecule has 4 nitrogen and oxygen atoms in total. The van der Waals surface area contributed by atoms with Gasteiger partial charge in [-0.25, -0.2) is 4.39 Å². The molecule has 1 aromatic carbocycles. The van der Waals surface area contributed by atoms with E-state index >= 15 is 0 Å². The van der Waals surface area contributed by atoms with Crippen LogP contribution in [0.2, 0.25) is 0 Å². The predicted octanol–water partition coefficient (Wildman–Crippen LogP) is 2.60. The summed E-state index contributed by atoms with van der Waals surface area (Å²) in [5.41, 5.74) is 8.18. The van der Waals surface area contributed by atoms with Gasteiger partial charge >= 0.3 is 0 Å². The van der Waals surface area contributed by atoms with Gasteiger partial charge in [0, 0.05) is 11.9 Å². The molecule has 21 heavy (non-hydrogen) atoms. The quantitative estimate of drug-likeness (QED) is 0.849. The first kappa shape index (κ1) is 15.0. The number of nitrogen functional groups attached to an aromatic ring is 1. The molecular weight excluding hydrogens is 269 g/mol. The number of carbonyl (C=O) groups excluding carboxylic acids is 1. The van der Waals surface area contributed by atoms with Gasteiger partial charge in [-0.15, -0.1) is 0 Å². The Morgan fingerprint density at radius 2 is 2.19 bits per heavy atom. The van der Waals surface area contributed by atoms with Crippen LogP contribution in [0.15, 0.2) is 30.5 Å². The van der Waals surface area contributed by atoms with Crippen LogP contribution >= 0.6 is 0 Å². The third-order valence-electron chi connectivity index (χ3n) is 3.30. The molecule has 0 aliphatic carbocycles. The zero-order chi connectivity index (χ0) is 15.4. The molecule has 0 atom stereocenters. The molecule has 110 valence electrons. The number of rotatable bonds is 4. The summed E-state index contributed by atoms with van der Waals surface area (Å²) in [6.07, 6.45) is 2.50. The smallest absolute Gasteiger partial charge is 0.254 e. The molecule has 0 aliphatic heterocycles. The van der Waals surface area contributed by atoms with Crippen LogP contribution in [-0.2, 0) is 13.0 Å². The van der Waals surface area contributed by atoms with Crippen molar-refractivity contribution in [3.63, 3.8) is 0 Å². The molecule has 0 spiro atoms. The predicted molar refractivity (Wildman–Crippen MR) is 80.3 cm³/mol. The fourth-order valence-electron chi connectivity index (χ4n) is 2.17. The van der Waals surface area contributed by atoms with Crippen molar-refractivity contribution in [2.45, 2.75) is 26.8 Å². The largest absolute Gasteiger partial charge is 0.399 e. The van der Waals surface area contributed by atoms with Crippen LogP contribution in [0.25, 0.3) is 0 Å². The topological polar surface area (TPSA) is 68.0 Å². The minimum atomic E-state index is -0.543. The Labute approximate surface area is 123 Å². The van der Waals surface area contributed by atoms with E-state index in [1.54, 1.807) is 13.1 Å². The van der Waals surface area contributed by atoms with E-state index in [1.165, 1.54) is 12.1 Å². The third-order valence-corrected chi connectivity index (χ3v) is 3.30. The first-order valence-corrected chi connectivity index (χ1v) is 6.79. The van der Waals surface area contributed by atoms with Crippen molar-refractivity contribution in [3.05, 3.63) is 58.7 Å². The maximum Gasteiger partial charge on any atom is 0.254 e. The summed E-state index contributed by atoms with van der Waals surface area (Å²) in [6.45, 7) is 3.86. The number of pyridine rings is 1. The highest BCUT2D eigenvalue weighted by Gasteiger charge is 2.15. The van der Waals surface area contributed by atoms with Gasteiger partial charge in [0.05, 0.1) is 17.8 Å². The van der Waals surface area contributed by atoms with Gasteiger partial charge in [0.2, 0.25) is 0 Å². The number of benzene rings is 1. The van der Waals surface area contributed by atoms with Crippen molar-refractivity contribution in [2.24, 2.45) is 0 Å². The molecule has 0 aliphatic rings. The van der Waals surface area contributed by atoms with E-state index in [0.717, 1.165) is 17.7 Å². The molecule has 2 aromatic rings. The van der Waals surface area contributed by atoms with Crippen molar-refractivity contribution in [1.82, 2.24) is 10.3 Å². The first-order valence-electron chi connectivity index (χ1n) is 6.79. The van der Waals surface area contributed by atoms with E-state index in [9.17, 15) is 9.18 Å². The van der Waals surface area contributed by atoms with Crippen molar-refractivity contribution < 1.29 is 9.18 Å². The highest BCUT2D eigenvalue weighted by Crippen LogP contribution is 2.17. The Kier molecular flexibility index (Phi) is 4.52. The molecule has 2 rings (SSSR count). The lowest BCUT2D eigenvalue weighted by atomic mass is 10.1. The maximum atomic E-state index is 14.0. The normalized spacial score (nSPS) is 10.4. The average Bonchev–Trinajstić information content (AvgIpc) is 2.48. The summed E-state index contributed by atoms with van der Waals surface area (Å²) < 4.78 is 14.0. The van der Waals surface area contributed by atoms with Gasteiger partial charge in [0.15, 0.2) is 0 Å². The van der Waals surface area contributed by atoms with Crippen LogP contribution in [0.5, 0.6) is 0 Å². The van der Waals surface area contributed by atoms with E-state index < -0.39 is 11.7 Å². The Balaban J connectivity index is 2.16. The second-order valence-electron chi connectivity index (χ2n) is 4.84. The fraction of sp³-hybridized carbons (Fsp3) is 0.250. The zero-order valence-electron chi connectivity index (χ0n) is 12.1. The molecule has 1 heterocycles. The highest BCUT2D eigenvalue weighted by molar-refractivity contribution is 5.95. The monoisotopic (exact) mass is 287 g/mol. The van der Waals surface area contributed by atoms with Gasteiger partial charge in [-0.1, -0.05) is 13.0 Å². The number of hydrogen-bond donors (Lipinski definition) is 2. The van der Waals surface area contributed by atoms with E-state index in [4.69, 9.17) is 5.73 Å². The molecule has 0 radical (unpaired) electrons. The van der Waals surface area contributed by atoms with Gasteiger partial charge in [0.1, 0.15) is 5.82 Å². The lowest BCUT2D eigenvalue weighted by molar-refractivity contribution is 0.0946. The molecule has 5 heteroatoms. The van der Waals surface area contributed by atoms with Gasteiger partial charge in [0.25, 0.3) is 5.91 Å². The molecule has 1 aromatic heterocycles. The fourth-order valence-corrected chi connectivity index (χ4v) is 2.17. The SMILES string of the molecule is CCc1cccnc1CNC(=O)c1cc(N)cc(C)c1F. The second-order valence-corrected chi connectivity index (χ2v) is 4.84. The minimum absolute atomic E-state index is 0.0403. The van der Waals surface area contributed by atoms with Crippen LogP contribution in [0, 0.1) is 12.7 Å². The van der Waals surface area contributed by atoms with Crippen molar-refractivity contribution in [3.8, 4) is 0 Å². The van der Waals surface area contributed by atoms with E-state index in [2.05, 4.69) is 10.3 Å². The van der Waals surface area contributed by atoms with Gasteiger partial charge in [-0.2, -0.15) is 0 Å². The summed E-state index contributed by atoms with van der Waals surface area (Å²) >= 11 is 0. The number of hydrogen-bond acceptors (Lipinski definition) is 3. The van der Waals surface area contributed by atoms with Crippen LogP contribution < -0.4 is 11.1 Å². The lowest BCUT2D eigenvalue weighted by Crippen LogP contribution is -2.25. The molecule has 0 saturated heterocycles. The molecular formula is C16H18FN3O. The van der Waals surface area contributed by atoms with Gasteiger partial charge in [-0.3, -0.25) is 9.78 Å². The second kappa shape index (κ2) is 6.35. The highest BCUT2D eigenvalue weighted by atomic mass is 19.1. The van der Waals surface area contributed by atoms with Crippen LogP contribution in [0.1, 0.15) is 34.1 Å². The van der Waals surface area contributed by atoms with Crippen molar-refractivity contribution in [1.29, 1.82) is 0 Å². The maximum absolute atomic E-state index is 14.0. The number of anilines is 1. The van der Waals surface area contributed by atoms with E-state index in [0.29, 0.717) is 11.3 Å². The molecule has 0 bridgehead atoms. The summed E-state index contributed by atoms with van der Waals surface area (Å²) in [6, 6.07) is 6.65. The minimum Gasteiger partial charge on any atom is -0.399 e. The number of nitrogens with one attached hydrogen (secondary N) is 1. The van der Waals surface area contributed by atoms with Crippen molar-refractivity contribution in [2.75, 3.05) is 5.73 Å². The number of aromatic nitrogens is 1. The van der Waals surface area contributed by atoms with Gasteiger partial charge < -0.3 is 11.1 Å². The number of aryl methyl sites for hydroxylation is 2. The standard InChI is InChI=1S/C16H18FN3O/c1-3-11-5-4-6-19-14(11)9-20-16(21)13-8-12(18)7-10(2)15(13)17/h4-8H,3,9,18H2,1-2H3,(H,20,21). The first-order chi connectivity index (χ1) is 10.0.